The lowest BCUT2D eigenvalue weighted by molar-refractivity contribution is -0.118. The maximum absolute atomic E-state index is 12.5. The van der Waals surface area contributed by atoms with E-state index in [1.807, 2.05) is 50.2 Å². The fraction of sp³-hybridized carbons (Fsp3) is 0.231. The van der Waals surface area contributed by atoms with Crippen molar-refractivity contribution in [1.82, 2.24) is 5.32 Å². The minimum atomic E-state index is -0.114. The number of benzene rings is 3. The van der Waals surface area contributed by atoms with E-state index in [1.165, 1.54) is 11.1 Å². The van der Waals surface area contributed by atoms with Crippen LogP contribution >= 0.6 is 0 Å². The summed E-state index contributed by atoms with van der Waals surface area (Å²) in [6.45, 7) is 4.25. The molecule has 2 N–H and O–H groups in total. The zero-order chi connectivity index (χ0) is 21.3. The minimum Gasteiger partial charge on any atom is -0.352 e. The molecule has 0 aliphatic heterocycles. The van der Waals surface area contributed by atoms with E-state index in [9.17, 15) is 9.59 Å². The van der Waals surface area contributed by atoms with Gasteiger partial charge < -0.3 is 10.6 Å². The molecule has 0 heterocycles. The Morgan fingerprint density at radius 1 is 0.767 bits per heavy atom. The molecule has 2 amide bonds. The van der Waals surface area contributed by atoms with E-state index in [1.54, 1.807) is 24.3 Å². The van der Waals surface area contributed by atoms with Crippen LogP contribution in [0.3, 0.4) is 0 Å². The van der Waals surface area contributed by atoms with Crippen LogP contribution in [0.25, 0.3) is 0 Å². The highest BCUT2D eigenvalue weighted by atomic mass is 16.2. The zero-order valence-corrected chi connectivity index (χ0v) is 17.5. The lowest BCUT2D eigenvalue weighted by Crippen LogP contribution is -2.26. The Labute approximate surface area is 178 Å². The van der Waals surface area contributed by atoms with Crippen LogP contribution in [-0.2, 0) is 4.79 Å². The second-order valence-corrected chi connectivity index (χ2v) is 7.64. The molecule has 3 rings (SSSR count). The first-order chi connectivity index (χ1) is 14.5. The van der Waals surface area contributed by atoms with E-state index in [4.69, 9.17) is 0 Å². The van der Waals surface area contributed by atoms with Crippen molar-refractivity contribution in [3.63, 3.8) is 0 Å². The average Bonchev–Trinajstić information content (AvgIpc) is 2.78. The maximum Gasteiger partial charge on any atom is 0.251 e. The molecule has 0 aliphatic rings. The number of hydrogen-bond acceptors (Lipinski definition) is 2. The molecule has 4 nitrogen and oxygen atoms in total. The molecule has 0 radical (unpaired) electrons. The van der Waals surface area contributed by atoms with Gasteiger partial charge in [-0.25, -0.2) is 0 Å². The first-order valence-corrected chi connectivity index (χ1v) is 10.3. The highest BCUT2D eigenvalue weighted by molar-refractivity contribution is 5.96. The summed E-state index contributed by atoms with van der Waals surface area (Å²) in [7, 11) is 0. The molecule has 0 saturated heterocycles. The van der Waals surface area contributed by atoms with Crippen molar-refractivity contribution in [2.75, 3.05) is 11.9 Å². The lowest BCUT2D eigenvalue weighted by atomic mass is 9.88. The molecular formula is C26H28N2O2. The topological polar surface area (TPSA) is 58.2 Å². The quantitative estimate of drug-likeness (QED) is 0.544. The van der Waals surface area contributed by atoms with Gasteiger partial charge >= 0.3 is 0 Å². The van der Waals surface area contributed by atoms with Gasteiger partial charge in [-0.3, -0.25) is 9.59 Å². The van der Waals surface area contributed by atoms with E-state index >= 15 is 0 Å². The number of amides is 2. The van der Waals surface area contributed by atoms with Gasteiger partial charge in [0.05, 0.1) is 0 Å². The SMILES string of the molecule is CC(C)C(=O)Nc1ccc(C(=O)NCCC(c2ccccc2)c2ccccc2)cc1. The second kappa shape index (κ2) is 10.4. The van der Waals surface area contributed by atoms with Gasteiger partial charge in [-0.2, -0.15) is 0 Å². The Bertz CT molecular complexity index is 912. The molecule has 0 spiro atoms. The number of carbonyl (C=O) groups is 2. The first kappa shape index (κ1) is 21.3. The smallest absolute Gasteiger partial charge is 0.251 e. The van der Waals surface area contributed by atoms with E-state index in [2.05, 4.69) is 34.9 Å². The first-order valence-electron chi connectivity index (χ1n) is 10.3. The molecule has 3 aromatic rings. The van der Waals surface area contributed by atoms with Crippen molar-refractivity contribution in [1.29, 1.82) is 0 Å². The molecule has 0 unspecified atom stereocenters. The third kappa shape index (κ3) is 5.80. The van der Waals surface area contributed by atoms with Crippen LogP contribution in [0, 0.1) is 5.92 Å². The van der Waals surface area contributed by atoms with Crippen LogP contribution in [0.5, 0.6) is 0 Å². The van der Waals surface area contributed by atoms with Gasteiger partial charge in [-0.1, -0.05) is 74.5 Å². The summed E-state index contributed by atoms with van der Waals surface area (Å²) in [5, 5.41) is 5.85. The summed E-state index contributed by atoms with van der Waals surface area (Å²) in [5.74, 6) is -0.0202. The molecule has 0 aromatic heterocycles. The Morgan fingerprint density at radius 3 is 1.80 bits per heavy atom. The monoisotopic (exact) mass is 400 g/mol. The molecule has 4 heteroatoms. The highest BCUT2D eigenvalue weighted by Crippen LogP contribution is 2.27. The van der Waals surface area contributed by atoms with Crippen molar-refractivity contribution >= 4 is 17.5 Å². The molecule has 0 fully saturated rings. The Hall–Kier alpha value is -3.40. The van der Waals surface area contributed by atoms with Gasteiger partial charge in [-0.15, -0.1) is 0 Å². The molecule has 0 atom stereocenters. The van der Waals surface area contributed by atoms with Crippen molar-refractivity contribution in [3.8, 4) is 0 Å². The maximum atomic E-state index is 12.5. The van der Waals surface area contributed by atoms with Gasteiger partial charge in [0.25, 0.3) is 5.91 Å². The van der Waals surface area contributed by atoms with Crippen LogP contribution in [0.2, 0.25) is 0 Å². The van der Waals surface area contributed by atoms with Crippen LogP contribution in [0.4, 0.5) is 5.69 Å². The lowest BCUT2D eigenvalue weighted by Gasteiger charge is -2.18. The molecule has 0 aliphatic carbocycles. The van der Waals surface area contributed by atoms with E-state index in [-0.39, 0.29) is 23.7 Å². The second-order valence-electron chi connectivity index (χ2n) is 7.64. The summed E-state index contributed by atoms with van der Waals surface area (Å²) in [6, 6.07) is 27.7. The average molecular weight is 401 g/mol. The molecule has 0 saturated carbocycles. The summed E-state index contributed by atoms with van der Waals surface area (Å²) in [6.07, 6.45) is 0.808. The van der Waals surface area contributed by atoms with Crippen molar-refractivity contribution in [3.05, 3.63) is 102 Å². The van der Waals surface area contributed by atoms with Gasteiger partial charge in [0.1, 0.15) is 0 Å². The third-order valence-corrected chi connectivity index (χ3v) is 5.06. The number of hydrogen-bond donors (Lipinski definition) is 2. The number of anilines is 1. The fourth-order valence-electron chi connectivity index (χ4n) is 3.32. The highest BCUT2D eigenvalue weighted by Gasteiger charge is 2.15. The van der Waals surface area contributed by atoms with E-state index < -0.39 is 0 Å². The van der Waals surface area contributed by atoms with E-state index in [0.29, 0.717) is 17.8 Å². The molecule has 0 bridgehead atoms. The standard InChI is InChI=1S/C26H28N2O2/c1-19(2)25(29)28-23-15-13-22(14-16-23)26(30)27-18-17-24(20-9-5-3-6-10-20)21-11-7-4-8-12-21/h3-16,19,24H,17-18H2,1-2H3,(H,27,30)(H,28,29). The predicted molar refractivity (Wildman–Crippen MR) is 122 cm³/mol. The van der Waals surface area contributed by atoms with Crippen LogP contribution in [0.15, 0.2) is 84.9 Å². The van der Waals surface area contributed by atoms with Crippen molar-refractivity contribution < 1.29 is 9.59 Å². The van der Waals surface area contributed by atoms with Crippen LogP contribution < -0.4 is 10.6 Å². The summed E-state index contributed by atoms with van der Waals surface area (Å²) in [5.41, 5.74) is 3.75. The largest absolute Gasteiger partial charge is 0.352 e. The van der Waals surface area contributed by atoms with Crippen molar-refractivity contribution in [2.24, 2.45) is 5.92 Å². The number of carbonyl (C=O) groups excluding carboxylic acids is 2. The number of rotatable bonds is 8. The summed E-state index contributed by atoms with van der Waals surface area (Å²) >= 11 is 0. The van der Waals surface area contributed by atoms with Gasteiger partial charge in [-0.05, 0) is 41.8 Å². The normalized spacial score (nSPS) is 10.8. The molecule has 3 aromatic carbocycles. The third-order valence-electron chi connectivity index (χ3n) is 5.06. The van der Waals surface area contributed by atoms with Gasteiger partial charge in [0, 0.05) is 29.6 Å². The number of nitrogens with one attached hydrogen (secondary N) is 2. The van der Waals surface area contributed by atoms with E-state index in [0.717, 1.165) is 6.42 Å². The summed E-state index contributed by atoms with van der Waals surface area (Å²) < 4.78 is 0. The van der Waals surface area contributed by atoms with Gasteiger partial charge in [0.2, 0.25) is 5.91 Å². The van der Waals surface area contributed by atoms with Crippen LogP contribution in [0.1, 0.15) is 47.7 Å². The molecule has 30 heavy (non-hydrogen) atoms. The molecule has 154 valence electrons. The molecular weight excluding hydrogens is 372 g/mol. The fourth-order valence-corrected chi connectivity index (χ4v) is 3.32. The minimum absolute atomic E-state index is 0.0416. The summed E-state index contributed by atoms with van der Waals surface area (Å²) in [4.78, 5) is 24.3. The van der Waals surface area contributed by atoms with Crippen molar-refractivity contribution in [2.45, 2.75) is 26.2 Å². The Kier molecular flexibility index (Phi) is 7.39. The van der Waals surface area contributed by atoms with Crippen LogP contribution in [-0.4, -0.2) is 18.4 Å². The van der Waals surface area contributed by atoms with Gasteiger partial charge in [0.15, 0.2) is 0 Å². The zero-order valence-electron chi connectivity index (χ0n) is 17.5. The predicted octanol–water partition coefficient (Wildman–Crippen LogP) is 5.23. The Morgan fingerprint density at radius 2 is 1.30 bits per heavy atom. The Balaban J connectivity index is 1.60.